The van der Waals surface area contributed by atoms with Crippen molar-refractivity contribution in [3.63, 3.8) is 0 Å². The summed E-state index contributed by atoms with van der Waals surface area (Å²) in [5.74, 6) is 1.97. The van der Waals surface area contributed by atoms with Crippen LogP contribution in [0.5, 0.6) is 0 Å². The summed E-state index contributed by atoms with van der Waals surface area (Å²) in [5, 5.41) is 7.27. The lowest BCUT2D eigenvalue weighted by molar-refractivity contribution is -0.137. The van der Waals surface area contributed by atoms with Crippen molar-refractivity contribution in [2.24, 2.45) is 0 Å². The number of halogens is 3. The largest absolute Gasteiger partial charge is 0.416 e. The van der Waals surface area contributed by atoms with Crippen molar-refractivity contribution >= 4 is 5.91 Å². The van der Waals surface area contributed by atoms with Gasteiger partial charge in [0.05, 0.1) is 5.56 Å². The van der Waals surface area contributed by atoms with Gasteiger partial charge in [-0.1, -0.05) is 24.6 Å². The SMILES string of the molecule is Cc1nc(-c2cc(C(=O)N3CCC(c4ccc(C(F)(F)F)cc4)CC3)c(C)cc2C2CCC2)n[nH]1. The van der Waals surface area contributed by atoms with Crippen LogP contribution in [0.1, 0.15) is 82.4 Å². The number of aryl methyl sites for hydroxylation is 2. The van der Waals surface area contributed by atoms with Crippen LogP contribution >= 0.6 is 0 Å². The molecule has 5 nitrogen and oxygen atoms in total. The van der Waals surface area contributed by atoms with Crippen molar-refractivity contribution in [1.29, 1.82) is 0 Å². The second-order valence-corrected chi connectivity index (χ2v) is 9.81. The minimum Gasteiger partial charge on any atom is -0.339 e. The van der Waals surface area contributed by atoms with Crippen molar-refractivity contribution < 1.29 is 18.0 Å². The van der Waals surface area contributed by atoms with Gasteiger partial charge in [0.1, 0.15) is 5.82 Å². The van der Waals surface area contributed by atoms with Gasteiger partial charge in [0.2, 0.25) is 0 Å². The zero-order valence-electron chi connectivity index (χ0n) is 20.0. The van der Waals surface area contributed by atoms with E-state index in [-0.39, 0.29) is 11.8 Å². The average molecular weight is 483 g/mol. The molecule has 0 bridgehead atoms. The Hall–Kier alpha value is -3.16. The number of aromatic amines is 1. The number of H-pyrrole nitrogens is 1. The Kier molecular flexibility index (Phi) is 6.15. The maximum absolute atomic E-state index is 13.5. The number of alkyl halides is 3. The molecule has 1 aliphatic carbocycles. The molecule has 35 heavy (non-hydrogen) atoms. The third-order valence-corrected chi connectivity index (χ3v) is 7.50. The average Bonchev–Trinajstić information content (AvgIpc) is 3.23. The summed E-state index contributed by atoms with van der Waals surface area (Å²) < 4.78 is 38.6. The predicted molar refractivity (Wildman–Crippen MR) is 127 cm³/mol. The summed E-state index contributed by atoms with van der Waals surface area (Å²) in [6.07, 6.45) is 0.613. The first-order chi connectivity index (χ1) is 16.7. The van der Waals surface area contributed by atoms with Crippen molar-refractivity contribution in [2.75, 3.05) is 13.1 Å². The number of hydrogen-bond donors (Lipinski definition) is 1. The number of amides is 1. The van der Waals surface area contributed by atoms with Gasteiger partial charge in [0.25, 0.3) is 5.91 Å². The van der Waals surface area contributed by atoms with Crippen LogP contribution in [-0.2, 0) is 6.18 Å². The first-order valence-corrected chi connectivity index (χ1v) is 12.2. The van der Waals surface area contributed by atoms with Crippen LogP contribution in [0.2, 0.25) is 0 Å². The summed E-state index contributed by atoms with van der Waals surface area (Å²) in [6, 6.07) is 9.51. The molecule has 1 N–H and O–H groups in total. The molecular weight excluding hydrogens is 453 g/mol. The smallest absolute Gasteiger partial charge is 0.339 e. The number of carbonyl (C=O) groups is 1. The van der Waals surface area contributed by atoms with Gasteiger partial charge in [-0.05, 0) is 86.3 Å². The molecule has 2 aromatic carbocycles. The van der Waals surface area contributed by atoms with E-state index < -0.39 is 11.7 Å². The molecule has 2 heterocycles. The quantitative estimate of drug-likeness (QED) is 0.468. The number of piperidine rings is 1. The predicted octanol–water partition coefficient (Wildman–Crippen LogP) is 6.39. The molecule has 1 saturated heterocycles. The molecule has 0 atom stereocenters. The Morgan fingerprint density at radius 1 is 1.00 bits per heavy atom. The number of aromatic nitrogens is 3. The van der Waals surface area contributed by atoms with E-state index in [0.717, 1.165) is 60.3 Å². The highest BCUT2D eigenvalue weighted by Crippen LogP contribution is 2.42. The molecule has 8 heteroatoms. The Bertz CT molecular complexity index is 1220. The van der Waals surface area contributed by atoms with Crippen molar-refractivity contribution in [1.82, 2.24) is 20.1 Å². The molecule has 2 aliphatic rings. The normalized spacial score (nSPS) is 17.5. The second-order valence-electron chi connectivity index (χ2n) is 9.81. The molecule has 1 aromatic heterocycles. The van der Waals surface area contributed by atoms with E-state index in [1.54, 1.807) is 12.1 Å². The van der Waals surface area contributed by atoms with Crippen LogP contribution in [0.25, 0.3) is 11.4 Å². The Morgan fingerprint density at radius 3 is 2.23 bits per heavy atom. The van der Waals surface area contributed by atoms with Crippen LogP contribution in [0.3, 0.4) is 0 Å². The van der Waals surface area contributed by atoms with Crippen LogP contribution in [0, 0.1) is 13.8 Å². The third kappa shape index (κ3) is 4.70. The standard InChI is InChI=1S/C27H29F3N4O/c1-16-14-23(20-4-3-5-20)24(25-31-17(2)32-33-25)15-22(16)26(35)34-12-10-19(11-13-34)18-6-8-21(9-7-18)27(28,29)30/h6-9,14-15,19-20H,3-5,10-13H2,1-2H3,(H,31,32,33). The van der Waals surface area contributed by atoms with Gasteiger partial charge in [-0.3, -0.25) is 9.89 Å². The number of likely N-dealkylation sites (tertiary alicyclic amines) is 1. The monoisotopic (exact) mass is 482 g/mol. The van der Waals surface area contributed by atoms with Crippen molar-refractivity contribution in [2.45, 2.75) is 64.0 Å². The molecule has 5 rings (SSSR count). The van der Waals surface area contributed by atoms with Gasteiger partial charge in [-0.25, -0.2) is 4.98 Å². The van der Waals surface area contributed by atoms with Gasteiger partial charge in [0.15, 0.2) is 5.82 Å². The lowest BCUT2D eigenvalue weighted by Crippen LogP contribution is -2.38. The van der Waals surface area contributed by atoms with E-state index in [1.165, 1.54) is 12.0 Å². The third-order valence-electron chi connectivity index (χ3n) is 7.50. The Morgan fingerprint density at radius 2 is 1.69 bits per heavy atom. The number of nitrogens with one attached hydrogen (secondary N) is 1. The number of rotatable bonds is 4. The number of hydrogen-bond acceptors (Lipinski definition) is 3. The van der Waals surface area contributed by atoms with E-state index in [9.17, 15) is 18.0 Å². The highest BCUT2D eigenvalue weighted by molar-refractivity contribution is 5.97. The fraction of sp³-hybridized carbons (Fsp3) is 0.444. The van der Waals surface area contributed by atoms with E-state index in [0.29, 0.717) is 30.4 Å². The number of benzene rings is 2. The van der Waals surface area contributed by atoms with Crippen molar-refractivity contribution in [3.8, 4) is 11.4 Å². The molecule has 2 fully saturated rings. The highest BCUT2D eigenvalue weighted by atomic mass is 19.4. The summed E-state index contributed by atoms with van der Waals surface area (Å²) in [5.41, 5.74) is 4.02. The lowest BCUT2D eigenvalue weighted by atomic mass is 9.77. The number of nitrogens with zero attached hydrogens (tertiary/aromatic N) is 3. The molecule has 1 amide bonds. The first-order valence-electron chi connectivity index (χ1n) is 12.2. The molecule has 1 aliphatic heterocycles. The molecule has 0 radical (unpaired) electrons. The first kappa shape index (κ1) is 23.6. The highest BCUT2D eigenvalue weighted by Gasteiger charge is 2.32. The van der Waals surface area contributed by atoms with E-state index >= 15 is 0 Å². The molecule has 0 spiro atoms. The van der Waals surface area contributed by atoms with Gasteiger partial charge in [-0.2, -0.15) is 18.3 Å². The summed E-state index contributed by atoms with van der Waals surface area (Å²) in [7, 11) is 0. The summed E-state index contributed by atoms with van der Waals surface area (Å²) in [4.78, 5) is 19.9. The van der Waals surface area contributed by atoms with Crippen LogP contribution in [0.15, 0.2) is 36.4 Å². The number of carbonyl (C=O) groups excluding carboxylic acids is 1. The zero-order valence-corrected chi connectivity index (χ0v) is 20.0. The van der Waals surface area contributed by atoms with Crippen LogP contribution in [0.4, 0.5) is 13.2 Å². The summed E-state index contributed by atoms with van der Waals surface area (Å²) in [6.45, 7) is 4.99. The molecule has 0 unspecified atom stereocenters. The van der Waals surface area contributed by atoms with Gasteiger partial charge in [-0.15, -0.1) is 0 Å². The van der Waals surface area contributed by atoms with E-state index in [1.807, 2.05) is 24.8 Å². The summed E-state index contributed by atoms with van der Waals surface area (Å²) >= 11 is 0. The molecular formula is C27H29F3N4O. The van der Waals surface area contributed by atoms with Crippen LogP contribution < -0.4 is 0 Å². The van der Waals surface area contributed by atoms with Crippen LogP contribution in [-0.4, -0.2) is 39.1 Å². The topological polar surface area (TPSA) is 61.9 Å². The Labute approximate surface area is 202 Å². The molecule has 1 saturated carbocycles. The fourth-order valence-electron chi connectivity index (χ4n) is 5.21. The van der Waals surface area contributed by atoms with Crippen molar-refractivity contribution in [3.05, 3.63) is 70.0 Å². The maximum Gasteiger partial charge on any atom is 0.416 e. The fourth-order valence-corrected chi connectivity index (χ4v) is 5.21. The van der Waals surface area contributed by atoms with Gasteiger partial charge < -0.3 is 4.90 Å². The van der Waals surface area contributed by atoms with E-state index in [4.69, 9.17) is 0 Å². The molecule has 3 aromatic rings. The van der Waals surface area contributed by atoms with Gasteiger partial charge in [0, 0.05) is 24.2 Å². The maximum atomic E-state index is 13.5. The van der Waals surface area contributed by atoms with E-state index in [2.05, 4.69) is 21.2 Å². The lowest BCUT2D eigenvalue weighted by Gasteiger charge is -2.33. The van der Waals surface area contributed by atoms with Gasteiger partial charge >= 0.3 is 6.18 Å². The minimum atomic E-state index is -4.33. The minimum absolute atomic E-state index is 0.0120. The second kappa shape index (κ2) is 9.13. The Balaban J connectivity index is 1.33. The molecule has 184 valence electrons. The zero-order chi connectivity index (χ0) is 24.7.